The van der Waals surface area contributed by atoms with Crippen LogP contribution < -0.4 is 9.47 Å². The SMILES string of the molecule is CC(C)Cc1c[nH]c2ccc(Oc3c(Cl)cc(OCC(=O)O)cc3C(F)(F)F)cc12. The highest BCUT2D eigenvalue weighted by atomic mass is 35.5. The molecule has 1 heterocycles. The molecule has 3 rings (SSSR count). The number of carboxylic acids is 1. The van der Waals surface area contributed by atoms with E-state index in [9.17, 15) is 18.0 Å². The van der Waals surface area contributed by atoms with Crippen molar-refractivity contribution in [3.05, 3.63) is 52.7 Å². The molecule has 5 nitrogen and oxygen atoms in total. The maximum absolute atomic E-state index is 13.6. The number of alkyl halides is 3. The Morgan fingerprint density at radius 2 is 1.93 bits per heavy atom. The number of aromatic amines is 1. The number of nitrogens with one attached hydrogen (secondary N) is 1. The fourth-order valence-corrected chi connectivity index (χ4v) is 3.31. The lowest BCUT2D eigenvalue weighted by Crippen LogP contribution is -2.12. The van der Waals surface area contributed by atoms with E-state index in [1.165, 1.54) is 0 Å². The van der Waals surface area contributed by atoms with Gasteiger partial charge in [-0.15, -0.1) is 0 Å². The first-order chi connectivity index (χ1) is 14.0. The highest BCUT2D eigenvalue weighted by Gasteiger charge is 2.36. The summed E-state index contributed by atoms with van der Waals surface area (Å²) < 4.78 is 51.2. The first kappa shape index (κ1) is 21.8. The molecule has 2 N–H and O–H groups in total. The van der Waals surface area contributed by atoms with Crippen LogP contribution in [-0.4, -0.2) is 22.7 Å². The number of aromatic nitrogens is 1. The van der Waals surface area contributed by atoms with E-state index in [0.717, 1.165) is 29.0 Å². The average molecular weight is 442 g/mol. The first-order valence-corrected chi connectivity index (χ1v) is 9.45. The van der Waals surface area contributed by atoms with E-state index in [4.69, 9.17) is 26.2 Å². The largest absolute Gasteiger partial charge is 0.482 e. The zero-order chi connectivity index (χ0) is 22.1. The molecule has 0 radical (unpaired) electrons. The van der Waals surface area contributed by atoms with E-state index in [-0.39, 0.29) is 16.5 Å². The highest BCUT2D eigenvalue weighted by molar-refractivity contribution is 6.32. The molecule has 0 aliphatic rings. The topological polar surface area (TPSA) is 71.5 Å². The molecule has 0 unspecified atom stereocenters. The molecule has 0 bridgehead atoms. The van der Waals surface area contributed by atoms with Gasteiger partial charge in [0.15, 0.2) is 12.4 Å². The third-order valence-corrected chi connectivity index (χ3v) is 4.55. The van der Waals surface area contributed by atoms with Gasteiger partial charge in [-0.3, -0.25) is 0 Å². The van der Waals surface area contributed by atoms with E-state index in [1.807, 2.05) is 6.20 Å². The number of carboxylic acid groups (broad SMARTS) is 1. The van der Waals surface area contributed by atoms with Gasteiger partial charge in [-0.05, 0) is 42.2 Å². The van der Waals surface area contributed by atoms with Crippen LogP contribution in [0.1, 0.15) is 25.0 Å². The predicted octanol–water partition coefficient (Wildman–Crippen LogP) is 6.29. The summed E-state index contributed by atoms with van der Waals surface area (Å²) in [7, 11) is 0. The maximum Gasteiger partial charge on any atom is 0.420 e. The molecular formula is C21H19ClF3NO4. The second-order valence-corrected chi connectivity index (χ2v) is 7.59. The van der Waals surface area contributed by atoms with E-state index in [1.54, 1.807) is 18.2 Å². The van der Waals surface area contributed by atoms with Crippen molar-refractivity contribution < 1.29 is 32.5 Å². The summed E-state index contributed by atoms with van der Waals surface area (Å²) in [6.45, 7) is 3.35. The Kier molecular flexibility index (Phi) is 6.17. The highest BCUT2D eigenvalue weighted by Crippen LogP contribution is 2.45. The van der Waals surface area contributed by atoms with Gasteiger partial charge in [0.1, 0.15) is 17.1 Å². The van der Waals surface area contributed by atoms with Gasteiger partial charge < -0.3 is 19.6 Å². The van der Waals surface area contributed by atoms with E-state index in [0.29, 0.717) is 12.0 Å². The Morgan fingerprint density at radius 1 is 1.20 bits per heavy atom. The minimum absolute atomic E-state index is 0.193. The number of rotatable bonds is 7. The summed E-state index contributed by atoms with van der Waals surface area (Å²) in [6.07, 6.45) is -2.12. The molecule has 1 aromatic heterocycles. The van der Waals surface area contributed by atoms with Crippen molar-refractivity contribution in [2.75, 3.05) is 6.61 Å². The predicted molar refractivity (Wildman–Crippen MR) is 106 cm³/mol. The van der Waals surface area contributed by atoms with E-state index >= 15 is 0 Å². The van der Waals surface area contributed by atoms with Crippen LogP contribution in [-0.2, 0) is 17.4 Å². The monoisotopic (exact) mass is 441 g/mol. The van der Waals surface area contributed by atoms with Crippen molar-refractivity contribution in [1.82, 2.24) is 4.98 Å². The van der Waals surface area contributed by atoms with E-state index in [2.05, 4.69) is 18.8 Å². The lowest BCUT2D eigenvalue weighted by molar-refractivity contribution is -0.139. The summed E-state index contributed by atoms with van der Waals surface area (Å²) in [5.41, 5.74) is 0.717. The number of benzene rings is 2. The Bertz CT molecular complexity index is 1080. The second kappa shape index (κ2) is 8.47. The Morgan fingerprint density at radius 3 is 2.57 bits per heavy atom. The van der Waals surface area contributed by atoms with Crippen LogP contribution in [0.15, 0.2) is 36.5 Å². The lowest BCUT2D eigenvalue weighted by Gasteiger charge is -2.17. The lowest BCUT2D eigenvalue weighted by atomic mass is 10.0. The van der Waals surface area contributed by atoms with E-state index < -0.39 is 30.1 Å². The normalized spacial score (nSPS) is 11.8. The van der Waals surface area contributed by atoms with Gasteiger partial charge in [0, 0.05) is 23.2 Å². The number of fused-ring (bicyclic) bond motifs is 1. The average Bonchev–Trinajstić information content (AvgIpc) is 3.02. The molecule has 2 aromatic carbocycles. The van der Waals surface area contributed by atoms with Gasteiger partial charge in [-0.1, -0.05) is 25.4 Å². The molecule has 0 saturated carbocycles. The number of halogens is 4. The van der Waals surface area contributed by atoms with Gasteiger partial charge in [-0.2, -0.15) is 13.2 Å². The zero-order valence-electron chi connectivity index (χ0n) is 16.1. The third-order valence-electron chi connectivity index (χ3n) is 4.27. The van der Waals surface area contributed by atoms with Crippen molar-refractivity contribution in [3.8, 4) is 17.2 Å². The number of H-pyrrole nitrogens is 1. The molecule has 0 atom stereocenters. The van der Waals surface area contributed by atoms with Crippen LogP contribution in [0, 0.1) is 5.92 Å². The van der Waals surface area contributed by atoms with Crippen molar-refractivity contribution in [2.45, 2.75) is 26.4 Å². The molecule has 0 spiro atoms. The number of hydrogen-bond donors (Lipinski definition) is 2. The van der Waals surface area contributed by atoms with Crippen molar-refractivity contribution in [2.24, 2.45) is 5.92 Å². The number of hydrogen-bond acceptors (Lipinski definition) is 3. The molecule has 0 fully saturated rings. The molecule has 9 heteroatoms. The van der Waals surface area contributed by atoms with Crippen LogP contribution >= 0.6 is 11.6 Å². The molecular weight excluding hydrogens is 423 g/mol. The summed E-state index contributed by atoms with van der Waals surface area (Å²) in [5, 5.41) is 9.17. The Hall–Kier alpha value is -2.87. The molecule has 0 saturated heterocycles. The summed E-state index contributed by atoms with van der Waals surface area (Å²) >= 11 is 6.04. The van der Waals surface area contributed by atoms with Gasteiger partial charge in [-0.25, -0.2) is 4.79 Å². The zero-order valence-corrected chi connectivity index (χ0v) is 16.9. The van der Waals surface area contributed by atoms with Gasteiger partial charge >= 0.3 is 12.1 Å². The fourth-order valence-electron chi connectivity index (χ4n) is 3.06. The summed E-state index contributed by atoms with van der Waals surface area (Å²) in [5.74, 6) is -1.62. The molecule has 160 valence electrons. The minimum atomic E-state index is -4.79. The smallest absolute Gasteiger partial charge is 0.420 e. The van der Waals surface area contributed by atoms with Gasteiger partial charge in [0.2, 0.25) is 0 Å². The summed E-state index contributed by atoms with van der Waals surface area (Å²) in [6, 6.07) is 6.69. The first-order valence-electron chi connectivity index (χ1n) is 9.07. The van der Waals surface area contributed by atoms with Crippen molar-refractivity contribution >= 4 is 28.5 Å². The van der Waals surface area contributed by atoms with Crippen LogP contribution in [0.4, 0.5) is 13.2 Å². The van der Waals surface area contributed by atoms with Crippen LogP contribution in [0.25, 0.3) is 10.9 Å². The molecule has 0 aliphatic carbocycles. The summed E-state index contributed by atoms with van der Waals surface area (Å²) in [4.78, 5) is 13.8. The van der Waals surface area contributed by atoms with Crippen molar-refractivity contribution in [1.29, 1.82) is 0 Å². The van der Waals surface area contributed by atoms with Crippen molar-refractivity contribution in [3.63, 3.8) is 0 Å². The van der Waals surface area contributed by atoms with Crippen LogP contribution in [0.5, 0.6) is 17.2 Å². The molecule has 30 heavy (non-hydrogen) atoms. The molecule has 3 aromatic rings. The number of ether oxygens (including phenoxy) is 2. The standard InChI is InChI=1S/C21H19ClF3NO4/c1-11(2)5-12-9-26-18-4-3-13(6-15(12)18)30-20-16(21(23,24)25)7-14(8-17(20)22)29-10-19(27)28/h3-4,6-9,11,26H,5,10H2,1-2H3,(H,27,28). The molecule has 0 aliphatic heterocycles. The fraction of sp³-hybridized carbons (Fsp3) is 0.286. The minimum Gasteiger partial charge on any atom is -0.482 e. The number of carbonyl (C=O) groups is 1. The van der Waals surface area contributed by atoms with Gasteiger partial charge in [0.05, 0.1) is 5.02 Å². The Labute approximate surface area is 175 Å². The second-order valence-electron chi connectivity index (χ2n) is 7.18. The van der Waals surface area contributed by atoms with Crippen LogP contribution in [0.3, 0.4) is 0 Å². The van der Waals surface area contributed by atoms with Crippen LogP contribution in [0.2, 0.25) is 5.02 Å². The van der Waals surface area contributed by atoms with Gasteiger partial charge in [0.25, 0.3) is 0 Å². The maximum atomic E-state index is 13.6. The Balaban J connectivity index is 2.00. The quantitative estimate of drug-likeness (QED) is 0.451. The third kappa shape index (κ3) is 4.99. The molecule has 0 amide bonds. The number of aliphatic carboxylic acids is 1.